The largest absolute Gasteiger partial charge is 0.480 e. The molecule has 0 aliphatic carbocycles. The van der Waals surface area contributed by atoms with Crippen LogP contribution in [0.5, 0.6) is 0 Å². The molecule has 1 aliphatic rings. The third kappa shape index (κ3) is 3.69. The van der Waals surface area contributed by atoms with Crippen LogP contribution >= 0.6 is 11.8 Å². The van der Waals surface area contributed by atoms with Crippen LogP contribution in [-0.4, -0.2) is 76.3 Å². The summed E-state index contributed by atoms with van der Waals surface area (Å²) >= 11 is 1.32. The van der Waals surface area contributed by atoms with E-state index in [1.54, 1.807) is 0 Å². The highest BCUT2D eigenvalue weighted by Crippen LogP contribution is 2.37. The quantitative estimate of drug-likeness (QED) is 0.217. The lowest BCUT2D eigenvalue weighted by Gasteiger charge is -2.26. The number of rotatable bonds is 7. The molecule has 148 valence electrons. The number of imidazole rings is 1. The van der Waals surface area contributed by atoms with Crippen LogP contribution in [0.2, 0.25) is 0 Å². The molecule has 12 nitrogen and oxygen atoms in total. The topological polar surface area (TPSA) is 209 Å². The number of aliphatic carboxylic acids is 1. The van der Waals surface area contributed by atoms with E-state index in [0.29, 0.717) is 16.9 Å². The fourth-order valence-corrected chi connectivity index (χ4v) is 3.89. The summed E-state index contributed by atoms with van der Waals surface area (Å²) < 4.78 is 7.20. The van der Waals surface area contributed by atoms with Crippen LogP contribution < -0.4 is 17.2 Å². The Morgan fingerprint density at radius 1 is 1.44 bits per heavy atom. The lowest BCUT2D eigenvalue weighted by Crippen LogP contribution is -2.56. The van der Waals surface area contributed by atoms with E-state index in [9.17, 15) is 15.0 Å². The summed E-state index contributed by atoms with van der Waals surface area (Å²) in [5.74, 6) is -0.235. The number of nitrogens with zero attached hydrogens (tertiary/aromatic N) is 4. The molecule has 3 rings (SSSR count). The van der Waals surface area contributed by atoms with Gasteiger partial charge >= 0.3 is 5.97 Å². The van der Waals surface area contributed by atoms with Crippen LogP contribution in [0.15, 0.2) is 12.7 Å². The molecule has 13 heteroatoms. The zero-order valence-corrected chi connectivity index (χ0v) is 15.0. The van der Waals surface area contributed by atoms with Gasteiger partial charge in [-0.15, -0.1) is 0 Å². The summed E-state index contributed by atoms with van der Waals surface area (Å²) in [4.78, 5) is 22.8. The minimum atomic E-state index is -2.01. The van der Waals surface area contributed by atoms with Crippen LogP contribution in [0, 0.1) is 0 Å². The first-order valence-corrected chi connectivity index (χ1v) is 9.22. The van der Waals surface area contributed by atoms with E-state index in [1.165, 1.54) is 29.0 Å². The molecule has 9 N–H and O–H groups in total. The van der Waals surface area contributed by atoms with Gasteiger partial charge in [0.05, 0.1) is 6.33 Å². The van der Waals surface area contributed by atoms with Gasteiger partial charge in [0.25, 0.3) is 0 Å². The molecule has 0 radical (unpaired) electrons. The summed E-state index contributed by atoms with van der Waals surface area (Å²) in [6.07, 6.45) is -0.486. The van der Waals surface area contributed by atoms with Crippen molar-refractivity contribution in [3.8, 4) is 0 Å². The molecule has 0 unspecified atom stereocenters. The van der Waals surface area contributed by atoms with Gasteiger partial charge in [0.1, 0.15) is 30.1 Å². The maximum atomic E-state index is 10.7. The Bertz CT molecular complexity index is 831. The molecule has 0 amide bonds. The number of ether oxygens (including phenoxy) is 1. The Balaban J connectivity index is 1.70. The van der Waals surface area contributed by atoms with E-state index >= 15 is 0 Å². The van der Waals surface area contributed by atoms with Gasteiger partial charge in [-0.25, -0.2) is 15.0 Å². The Kier molecular flexibility index (Phi) is 5.50. The van der Waals surface area contributed by atoms with Crippen molar-refractivity contribution in [2.45, 2.75) is 36.6 Å². The number of carboxylic acids is 1. The first kappa shape index (κ1) is 19.7. The third-order valence-electron chi connectivity index (χ3n) is 4.38. The normalized spacial score (nSPS) is 29.3. The van der Waals surface area contributed by atoms with E-state index in [1.807, 2.05) is 0 Å². The molecule has 1 saturated heterocycles. The fourth-order valence-electron chi connectivity index (χ4n) is 2.74. The Morgan fingerprint density at radius 3 is 2.89 bits per heavy atom. The Morgan fingerprint density at radius 2 is 2.19 bits per heavy atom. The highest BCUT2D eigenvalue weighted by atomic mass is 32.2. The van der Waals surface area contributed by atoms with Gasteiger partial charge in [-0.3, -0.25) is 15.1 Å². The highest BCUT2D eigenvalue weighted by molar-refractivity contribution is 7.99. The molecular formula is C14H21N7O5S. The zero-order chi connectivity index (χ0) is 19.8. The first-order chi connectivity index (χ1) is 12.7. The number of aliphatic hydroxyl groups excluding tert-OH is 1. The van der Waals surface area contributed by atoms with Crippen LogP contribution in [-0.2, 0) is 9.53 Å². The van der Waals surface area contributed by atoms with Gasteiger partial charge in [0.2, 0.25) is 0 Å². The Labute approximate surface area is 157 Å². The summed E-state index contributed by atoms with van der Waals surface area (Å²) in [5.41, 5.74) is 15.7. The monoisotopic (exact) mass is 399 g/mol. The second-order valence-corrected chi connectivity index (χ2v) is 7.39. The van der Waals surface area contributed by atoms with Crippen molar-refractivity contribution in [1.82, 2.24) is 19.5 Å². The van der Waals surface area contributed by atoms with Gasteiger partial charge in [0, 0.05) is 5.75 Å². The first-order valence-electron chi connectivity index (χ1n) is 8.07. The lowest BCUT2D eigenvalue weighted by molar-refractivity contribution is -0.138. The van der Waals surface area contributed by atoms with Gasteiger partial charge in [0.15, 0.2) is 23.4 Å². The maximum absolute atomic E-state index is 10.7. The number of nitrogens with two attached hydrogens (primary N) is 3. The molecule has 0 saturated carbocycles. The summed E-state index contributed by atoms with van der Waals surface area (Å²) in [5, 5.41) is 29.7. The number of hydrogen-bond acceptors (Lipinski definition) is 11. The summed E-state index contributed by atoms with van der Waals surface area (Å²) in [7, 11) is 0. The number of aromatic nitrogens is 4. The molecule has 2 aromatic rings. The van der Waals surface area contributed by atoms with Gasteiger partial charge < -0.3 is 31.5 Å². The van der Waals surface area contributed by atoms with E-state index < -0.39 is 36.2 Å². The zero-order valence-electron chi connectivity index (χ0n) is 14.2. The van der Waals surface area contributed by atoms with E-state index in [0.717, 1.165) is 0 Å². The highest BCUT2D eigenvalue weighted by Gasteiger charge is 2.53. The predicted octanol–water partition coefficient (Wildman–Crippen LogP) is -2.15. The van der Waals surface area contributed by atoms with Gasteiger partial charge in [-0.2, -0.15) is 11.8 Å². The maximum Gasteiger partial charge on any atom is 0.320 e. The summed E-state index contributed by atoms with van der Waals surface area (Å²) in [6, 6.07) is -0.959. The van der Waals surface area contributed by atoms with Crippen molar-refractivity contribution in [3.05, 3.63) is 12.7 Å². The molecule has 0 bridgehead atoms. The van der Waals surface area contributed by atoms with Crippen molar-refractivity contribution < 1.29 is 24.9 Å². The van der Waals surface area contributed by atoms with Gasteiger partial charge in [-0.1, -0.05) is 0 Å². The van der Waals surface area contributed by atoms with Crippen molar-refractivity contribution in [2.24, 2.45) is 11.5 Å². The molecule has 1 aliphatic heterocycles. The second kappa shape index (κ2) is 7.53. The van der Waals surface area contributed by atoms with Gasteiger partial charge in [-0.05, 0) is 12.2 Å². The molecular weight excluding hydrogens is 378 g/mol. The molecule has 0 aromatic carbocycles. The molecule has 3 heterocycles. The van der Waals surface area contributed by atoms with Crippen LogP contribution in [0.1, 0.15) is 12.6 Å². The van der Waals surface area contributed by atoms with Crippen molar-refractivity contribution in [2.75, 3.05) is 17.2 Å². The standard InChI is InChI=1S/C14H21N7O5S/c15-6(13(23)24)1-2-27-3-7-14(17,25)9(22)12(26-7)21-5-20-8-10(16)18-4-19-11(8)21/h4-7,9,12,22,25H,1-3,15,17H2,(H,23,24)(H2,16,18,19)/t6-,7+,9-,12+,14+/m0/s1. The average molecular weight is 399 g/mol. The molecule has 0 spiro atoms. The average Bonchev–Trinajstić information content (AvgIpc) is 3.13. The number of fused-ring (bicyclic) bond motifs is 1. The van der Waals surface area contributed by atoms with Crippen molar-refractivity contribution in [1.29, 1.82) is 0 Å². The Hall–Kier alpha value is -2.03. The molecule has 27 heavy (non-hydrogen) atoms. The number of carbonyl (C=O) groups is 1. The van der Waals surface area contributed by atoms with E-state index in [-0.39, 0.29) is 18.0 Å². The number of thioether (sulfide) groups is 1. The van der Waals surface area contributed by atoms with E-state index in [4.69, 9.17) is 27.0 Å². The lowest BCUT2D eigenvalue weighted by atomic mass is 10.0. The third-order valence-corrected chi connectivity index (χ3v) is 5.45. The van der Waals surface area contributed by atoms with Crippen LogP contribution in [0.4, 0.5) is 5.82 Å². The number of nitrogen functional groups attached to an aromatic ring is 1. The number of anilines is 1. The minimum Gasteiger partial charge on any atom is -0.480 e. The number of carboxylic acid groups (broad SMARTS) is 1. The molecule has 5 atom stereocenters. The van der Waals surface area contributed by atoms with Crippen molar-refractivity contribution >= 4 is 34.7 Å². The second-order valence-electron chi connectivity index (χ2n) is 6.24. The van der Waals surface area contributed by atoms with Crippen LogP contribution in [0.25, 0.3) is 11.2 Å². The smallest absolute Gasteiger partial charge is 0.320 e. The molecule has 1 fully saturated rings. The molecule has 2 aromatic heterocycles. The predicted molar refractivity (Wildman–Crippen MR) is 96.3 cm³/mol. The van der Waals surface area contributed by atoms with E-state index in [2.05, 4.69) is 15.0 Å². The SMILES string of the molecule is Nc1ncnc2c1ncn2[C@@H]1O[C@H](CSCC[C@H](N)C(=O)O)[C@@](N)(O)[C@H]1O. The van der Waals surface area contributed by atoms with Crippen LogP contribution in [0.3, 0.4) is 0 Å². The number of aliphatic hydroxyl groups is 2. The fraction of sp³-hybridized carbons (Fsp3) is 0.571. The van der Waals surface area contributed by atoms with Crippen molar-refractivity contribution in [3.63, 3.8) is 0 Å². The minimum absolute atomic E-state index is 0.177. The number of hydrogen-bond donors (Lipinski definition) is 6. The summed E-state index contributed by atoms with van der Waals surface area (Å²) in [6.45, 7) is 0.